The molecule has 6 heteroatoms. The van der Waals surface area contributed by atoms with E-state index < -0.39 is 10.0 Å². The van der Waals surface area contributed by atoms with E-state index in [1.807, 2.05) is 6.07 Å². The number of benzene rings is 2. The van der Waals surface area contributed by atoms with Crippen molar-refractivity contribution in [1.29, 1.82) is 0 Å². The lowest BCUT2D eigenvalue weighted by atomic mass is 10.1. The minimum Gasteiger partial charge on any atom is -0.309 e. The lowest BCUT2D eigenvalue weighted by Crippen LogP contribution is -2.23. The van der Waals surface area contributed by atoms with E-state index in [1.165, 1.54) is 11.1 Å². The maximum absolute atomic E-state index is 12.2. The Morgan fingerprint density at radius 3 is 2.52 bits per heavy atom. The summed E-state index contributed by atoms with van der Waals surface area (Å²) in [5, 5.41) is 3.28. The molecule has 0 amide bonds. The zero-order valence-corrected chi connectivity index (χ0v) is 13.7. The van der Waals surface area contributed by atoms with Crippen LogP contribution in [-0.4, -0.2) is 8.42 Å². The highest BCUT2D eigenvalue weighted by Gasteiger charge is 2.14. The van der Waals surface area contributed by atoms with Gasteiger partial charge in [-0.1, -0.05) is 34.1 Å². The Morgan fingerprint density at radius 1 is 1.05 bits per heavy atom. The average Bonchev–Trinajstić information content (AvgIpc) is 2.93. The lowest BCUT2D eigenvalue weighted by Gasteiger charge is -2.08. The number of fused-ring (bicyclic) bond motifs is 1. The minimum atomic E-state index is -3.48. The van der Waals surface area contributed by atoms with Crippen molar-refractivity contribution in [3.05, 3.63) is 63.6 Å². The van der Waals surface area contributed by atoms with Gasteiger partial charge in [0.25, 0.3) is 0 Å². The van der Waals surface area contributed by atoms with Gasteiger partial charge in [0.1, 0.15) is 0 Å². The largest absolute Gasteiger partial charge is 0.309 e. The van der Waals surface area contributed by atoms with E-state index in [1.54, 1.807) is 24.3 Å². The van der Waals surface area contributed by atoms with Crippen LogP contribution in [0.5, 0.6) is 0 Å². The highest BCUT2D eigenvalue weighted by atomic mass is 79.9. The van der Waals surface area contributed by atoms with Gasteiger partial charge in [-0.15, -0.1) is 0 Å². The number of hydrogen-bond acceptors (Lipinski definition) is 3. The first kappa shape index (κ1) is 14.7. The molecule has 1 aliphatic rings. The molecule has 21 heavy (non-hydrogen) atoms. The Labute approximate surface area is 132 Å². The van der Waals surface area contributed by atoms with E-state index in [0.29, 0.717) is 6.54 Å². The summed E-state index contributed by atoms with van der Waals surface area (Å²) < 4.78 is 27.9. The number of rotatable bonds is 4. The van der Waals surface area contributed by atoms with E-state index in [0.717, 1.165) is 23.1 Å². The lowest BCUT2D eigenvalue weighted by molar-refractivity contribution is 0.581. The first-order chi connectivity index (χ1) is 10.0. The number of hydrogen-bond donors (Lipinski definition) is 2. The molecule has 0 aromatic heterocycles. The molecular formula is C15H15BrN2O2S. The average molecular weight is 367 g/mol. The Kier molecular flexibility index (Phi) is 4.12. The fourth-order valence-corrected chi connectivity index (χ4v) is 3.62. The summed E-state index contributed by atoms with van der Waals surface area (Å²) in [6, 6.07) is 12.7. The number of nitrogens with one attached hydrogen (secondary N) is 2. The normalized spacial score (nSPS) is 14.1. The predicted molar refractivity (Wildman–Crippen MR) is 85.2 cm³/mol. The molecule has 0 radical (unpaired) electrons. The van der Waals surface area contributed by atoms with E-state index in [4.69, 9.17) is 0 Å². The molecule has 2 aromatic rings. The van der Waals surface area contributed by atoms with Crippen LogP contribution in [0.4, 0.5) is 0 Å². The molecule has 1 heterocycles. The Hall–Kier alpha value is -1.21. The third-order valence-corrected chi connectivity index (χ3v) is 5.44. The van der Waals surface area contributed by atoms with Crippen LogP contribution in [0.15, 0.2) is 51.8 Å². The standard InChI is InChI=1S/C15H15BrN2O2S/c16-14-3-5-15(6-4-14)21(19,20)18-8-11-1-2-12-9-17-10-13(12)7-11/h1-7,17-18H,8-10H2. The van der Waals surface area contributed by atoms with Gasteiger partial charge in [-0.3, -0.25) is 0 Å². The first-order valence-corrected chi connectivity index (χ1v) is 8.89. The van der Waals surface area contributed by atoms with Gasteiger partial charge in [0.2, 0.25) is 10.0 Å². The quantitative estimate of drug-likeness (QED) is 0.873. The second kappa shape index (κ2) is 5.88. The molecule has 4 nitrogen and oxygen atoms in total. The van der Waals surface area contributed by atoms with Gasteiger partial charge in [-0.2, -0.15) is 0 Å². The van der Waals surface area contributed by atoms with Gasteiger partial charge < -0.3 is 5.32 Å². The van der Waals surface area contributed by atoms with Crippen molar-refractivity contribution in [3.8, 4) is 0 Å². The van der Waals surface area contributed by atoms with Crippen molar-refractivity contribution in [1.82, 2.24) is 10.0 Å². The fraction of sp³-hybridized carbons (Fsp3) is 0.200. The highest BCUT2D eigenvalue weighted by Crippen LogP contribution is 2.18. The van der Waals surface area contributed by atoms with Crippen LogP contribution in [0.1, 0.15) is 16.7 Å². The second-order valence-corrected chi connectivity index (χ2v) is 7.67. The molecule has 1 aliphatic heterocycles. The molecule has 0 saturated carbocycles. The fourth-order valence-electron chi connectivity index (χ4n) is 2.33. The van der Waals surface area contributed by atoms with Crippen LogP contribution in [0.3, 0.4) is 0 Å². The van der Waals surface area contributed by atoms with Gasteiger partial charge in [-0.05, 0) is 41.0 Å². The van der Waals surface area contributed by atoms with E-state index in [2.05, 4.69) is 38.1 Å². The second-order valence-electron chi connectivity index (χ2n) is 4.99. The van der Waals surface area contributed by atoms with Crippen molar-refractivity contribution in [2.45, 2.75) is 24.5 Å². The molecule has 0 spiro atoms. The van der Waals surface area contributed by atoms with Gasteiger partial charge in [0, 0.05) is 24.1 Å². The molecule has 0 saturated heterocycles. The maximum atomic E-state index is 12.2. The van der Waals surface area contributed by atoms with E-state index in [9.17, 15) is 8.42 Å². The zero-order valence-electron chi connectivity index (χ0n) is 11.3. The molecule has 0 aliphatic carbocycles. The van der Waals surface area contributed by atoms with Crippen molar-refractivity contribution in [2.75, 3.05) is 0 Å². The smallest absolute Gasteiger partial charge is 0.240 e. The van der Waals surface area contributed by atoms with Crippen LogP contribution in [0, 0.1) is 0 Å². The summed E-state index contributed by atoms with van der Waals surface area (Å²) in [5.74, 6) is 0. The van der Waals surface area contributed by atoms with Crippen LogP contribution in [0.2, 0.25) is 0 Å². The molecule has 3 rings (SSSR count). The topological polar surface area (TPSA) is 58.2 Å². The van der Waals surface area contributed by atoms with E-state index in [-0.39, 0.29) is 4.90 Å². The van der Waals surface area contributed by atoms with Crippen molar-refractivity contribution in [3.63, 3.8) is 0 Å². The first-order valence-electron chi connectivity index (χ1n) is 6.61. The summed E-state index contributed by atoms with van der Waals surface area (Å²) >= 11 is 3.30. The SMILES string of the molecule is O=S(=O)(NCc1ccc2c(c1)CNC2)c1ccc(Br)cc1. The van der Waals surface area contributed by atoms with Gasteiger partial charge in [0.05, 0.1) is 4.90 Å². The summed E-state index contributed by atoms with van der Waals surface area (Å²) in [4.78, 5) is 0.272. The summed E-state index contributed by atoms with van der Waals surface area (Å²) in [6.07, 6.45) is 0. The Bertz CT molecular complexity index is 758. The molecular weight excluding hydrogens is 352 g/mol. The van der Waals surface area contributed by atoms with Crippen molar-refractivity contribution in [2.24, 2.45) is 0 Å². The van der Waals surface area contributed by atoms with E-state index >= 15 is 0 Å². The maximum Gasteiger partial charge on any atom is 0.240 e. The third kappa shape index (κ3) is 3.35. The van der Waals surface area contributed by atoms with Crippen molar-refractivity contribution < 1.29 is 8.42 Å². The summed E-state index contributed by atoms with van der Waals surface area (Å²) in [5.41, 5.74) is 3.50. The van der Waals surface area contributed by atoms with Crippen LogP contribution in [-0.2, 0) is 29.7 Å². The molecule has 110 valence electrons. The van der Waals surface area contributed by atoms with Crippen molar-refractivity contribution >= 4 is 26.0 Å². The third-order valence-electron chi connectivity index (χ3n) is 3.49. The summed E-state index contributed by atoms with van der Waals surface area (Å²) in [7, 11) is -3.48. The Balaban J connectivity index is 1.73. The highest BCUT2D eigenvalue weighted by molar-refractivity contribution is 9.10. The monoisotopic (exact) mass is 366 g/mol. The molecule has 2 N–H and O–H groups in total. The zero-order chi connectivity index (χ0) is 14.9. The van der Waals surface area contributed by atoms with Gasteiger partial charge in [0.15, 0.2) is 0 Å². The molecule has 2 aromatic carbocycles. The summed E-state index contributed by atoms with van der Waals surface area (Å²) in [6.45, 7) is 2.04. The molecule has 0 bridgehead atoms. The van der Waals surface area contributed by atoms with Crippen LogP contribution in [0.25, 0.3) is 0 Å². The van der Waals surface area contributed by atoms with Gasteiger partial charge in [-0.25, -0.2) is 13.1 Å². The molecule has 0 atom stereocenters. The number of halogens is 1. The molecule has 0 fully saturated rings. The Morgan fingerprint density at radius 2 is 1.76 bits per heavy atom. The predicted octanol–water partition coefficient (Wildman–Crippen LogP) is 2.53. The van der Waals surface area contributed by atoms with Crippen LogP contribution >= 0.6 is 15.9 Å². The minimum absolute atomic E-state index is 0.272. The van der Waals surface area contributed by atoms with Crippen LogP contribution < -0.4 is 10.0 Å². The molecule has 0 unspecified atom stereocenters. The van der Waals surface area contributed by atoms with Gasteiger partial charge >= 0.3 is 0 Å². The number of sulfonamides is 1.